The van der Waals surface area contributed by atoms with Crippen LogP contribution in [-0.2, 0) is 9.53 Å². The predicted octanol–water partition coefficient (Wildman–Crippen LogP) is 1.98. The number of aryl methyl sites for hydroxylation is 1. The van der Waals surface area contributed by atoms with Gasteiger partial charge in [0.25, 0.3) is 5.56 Å². The summed E-state index contributed by atoms with van der Waals surface area (Å²) in [6.45, 7) is 1.65. The summed E-state index contributed by atoms with van der Waals surface area (Å²) in [5.41, 5.74) is 0.740. The Balaban J connectivity index is 2.53. The Morgan fingerprint density at radius 2 is 2.00 bits per heavy atom. The van der Waals surface area contributed by atoms with E-state index in [0.717, 1.165) is 12.1 Å². The van der Waals surface area contributed by atoms with E-state index in [1.54, 1.807) is 6.92 Å². The summed E-state index contributed by atoms with van der Waals surface area (Å²) >= 11 is 0. The number of rotatable bonds is 4. The molecule has 0 aliphatic carbocycles. The Morgan fingerprint density at radius 3 is 2.52 bits per heavy atom. The predicted molar refractivity (Wildman–Crippen MR) is 71.0 cm³/mol. The molecule has 1 unspecified atom stereocenters. The zero-order valence-corrected chi connectivity index (χ0v) is 11.5. The molecule has 0 spiro atoms. The number of aromatic amines is 2. The number of aromatic nitrogens is 2. The van der Waals surface area contributed by atoms with Gasteiger partial charge in [-0.3, -0.25) is 14.7 Å². The molecule has 0 saturated carbocycles. The second-order valence-electron chi connectivity index (χ2n) is 4.62. The first-order valence-corrected chi connectivity index (χ1v) is 6.23. The molecule has 7 heteroatoms. The molecule has 1 atom stereocenters. The molecular formula is C14H14F2N2O3. The first kappa shape index (κ1) is 15.0. The lowest BCUT2D eigenvalue weighted by molar-refractivity contribution is -0.140. The molecule has 0 fully saturated rings. The van der Waals surface area contributed by atoms with Crippen molar-refractivity contribution in [2.75, 3.05) is 7.11 Å². The highest BCUT2D eigenvalue weighted by molar-refractivity contribution is 5.71. The number of ether oxygens (including phenoxy) is 1. The highest BCUT2D eigenvalue weighted by Gasteiger charge is 2.25. The van der Waals surface area contributed by atoms with Crippen LogP contribution >= 0.6 is 0 Å². The molecule has 2 aromatic rings. The van der Waals surface area contributed by atoms with Gasteiger partial charge in [-0.1, -0.05) is 6.07 Å². The fourth-order valence-electron chi connectivity index (χ4n) is 2.24. The number of carbonyl (C=O) groups excluding carboxylic acids is 1. The van der Waals surface area contributed by atoms with Crippen molar-refractivity contribution >= 4 is 5.97 Å². The molecule has 21 heavy (non-hydrogen) atoms. The molecule has 0 radical (unpaired) electrons. The smallest absolute Gasteiger partial charge is 0.306 e. The third kappa shape index (κ3) is 3.01. The first-order valence-electron chi connectivity index (χ1n) is 6.23. The molecular weight excluding hydrogens is 282 g/mol. The van der Waals surface area contributed by atoms with Crippen molar-refractivity contribution in [3.63, 3.8) is 0 Å². The molecule has 112 valence electrons. The van der Waals surface area contributed by atoms with Gasteiger partial charge in [-0.2, -0.15) is 0 Å². The molecule has 0 aliphatic rings. The average Bonchev–Trinajstić information content (AvgIpc) is 2.78. The maximum Gasteiger partial charge on any atom is 0.306 e. The van der Waals surface area contributed by atoms with E-state index in [0.29, 0.717) is 16.8 Å². The van der Waals surface area contributed by atoms with E-state index in [2.05, 4.69) is 14.9 Å². The van der Waals surface area contributed by atoms with Crippen molar-refractivity contribution in [1.29, 1.82) is 0 Å². The van der Waals surface area contributed by atoms with Crippen molar-refractivity contribution in [3.05, 3.63) is 57.0 Å². The summed E-state index contributed by atoms with van der Waals surface area (Å²) in [6.07, 6.45) is -0.149. The number of halogens is 2. The molecule has 0 amide bonds. The third-order valence-electron chi connectivity index (χ3n) is 3.31. The number of esters is 1. The lowest BCUT2D eigenvalue weighted by Crippen LogP contribution is -2.17. The zero-order valence-electron chi connectivity index (χ0n) is 11.5. The Labute approximate surface area is 118 Å². The highest BCUT2D eigenvalue weighted by atomic mass is 19.2. The summed E-state index contributed by atoms with van der Waals surface area (Å²) in [5.74, 6) is -3.30. The highest BCUT2D eigenvalue weighted by Crippen LogP contribution is 2.28. The summed E-state index contributed by atoms with van der Waals surface area (Å²) in [7, 11) is 1.22. The van der Waals surface area contributed by atoms with E-state index in [1.807, 2.05) is 0 Å². The fourth-order valence-corrected chi connectivity index (χ4v) is 2.24. The van der Waals surface area contributed by atoms with Crippen molar-refractivity contribution in [3.8, 4) is 0 Å². The summed E-state index contributed by atoms with van der Waals surface area (Å²) in [6, 6.07) is 3.29. The monoisotopic (exact) mass is 296 g/mol. The largest absolute Gasteiger partial charge is 0.469 e. The molecule has 2 rings (SSSR count). The number of carbonyl (C=O) groups is 1. The van der Waals surface area contributed by atoms with Gasteiger partial charge in [0.05, 0.1) is 13.5 Å². The topological polar surface area (TPSA) is 75.0 Å². The second-order valence-corrected chi connectivity index (χ2v) is 4.62. The van der Waals surface area contributed by atoms with Crippen LogP contribution in [0.25, 0.3) is 0 Å². The van der Waals surface area contributed by atoms with Gasteiger partial charge in [0, 0.05) is 17.2 Å². The van der Waals surface area contributed by atoms with E-state index in [9.17, 15) is 18.4 Å². The van der Waals surface area contributed by atoms with E-state index < -0.39 is 29.1 Å². The normalized spacial score (nSPS) is 12.2. The molecule has 1 aromatic heterocycles. The van der Waals surface area contributed by atoms with E-state index in [1.165, 1.54) is 13.2 Å². The van der Waals surface area contributed by atoms with E-state index >= 15 is 0 Å². The van der Waals surface area contributed by atoms with Crippen LogP contribution in [0.15, 0.2) is 23.0 Å². The molecule has 1 heterocycles. The molecule has 2 N–H and O–H groups in total. The maximum atomic E-state index is 13.4. The van der Waals surface area contributed by atoms with E-state index in [4.69, 9.17) is 0 Å². The van der Waals surface area contributed by atoms with Gasteiger partial charge < -0.3 is 9.84 Å². The summed E-state index contributed by atoms with van der Waals surface area (Å²) < 4.78 is 31.1. The van der Waals surface area contributed by atoms with Crippen molar-refractivity contribution in [1.82, 2.24) is 10.2 Å². The summed E-state index contributed by atoms with van der Waals surface area (Å²) in [4.78, 5) is 23.4. The quantitative estimate of drug-likeness (QED) is 0.847. The van der Waals surface area contributed by atoms with Gasteiger partial charge in [-0.15, -0.1) is 0 Å². The Bertz CT molecular complexity index is 721. The lowest BCUT2D eigenvalue weighted by Gasteiger charge is -2.15. The van der Waals surface area contributed by atoms with Crippen LogP contribution < -0.4 is 5.56 Å². The van der Waals surface area contributed by atoms with Gasteiger partial charge in [0.2, 0.25) is 0 Å². The van der Waals surface area contributed by atoms with Crippen molar-refractivity contribution in [2.24, 2.45) is 0 Å². The van der Waals surface area contributed by atoms with Gasteiger partial charge in [-0.25, -0.2) is 8.78 Å². The van der Waals surface area contributed by atoms with Crippen LogP contribution in [-0.4, -0.2) is 23.3 Å². The number of nitrogens with one attached hydrogen (secondary N) is 2. The minimum absolute atomic E-state index is 0.149. The van der Waals surface area contributed by atoms with Gasteiger partial charge in [-0.05, 0) is 24.6 Å². The number of hydrogen-bond acceptors (Lipinski definition) is 3. The number of hydrogen-bond donors (Lipinski definition) is 2. The standard InChI is InChI=1S/C14H14F2N2O3/c1-7-13(14(20)18-17-7)9(6-12(19)21-2)8-3-4-10(15)11(16)5-8/h3-5,9H,6H2,1-2H3,(H2,17,18,20). The Hall–Kier alpha value is -2.44. The molecule has 0 saturated heterocycles. The van der Waals surface area contributed by atoms with Crippen molar-refractivity contribution in [2.45, 2.75) is 19.3 Å². The number of H-pyrrole nitrogens is 2. The van der Waals surface area contributed by atoms with E-state index in [-0.39, 0.29) is 6.42 Å². The van der Waals surface area contributed by atoms with Crippen LogP contribution in [0.2, 0.25) is 0 Å². The third-order valence-corrected chi connectivity index (χ3v) is 3.31. The minimum atomic E-state index is -1.04. The lowest BCUT2D eigenvalue weighted by atomic mass is 9.88. The number of methoxy groups -OCH3 is 1. The molecule has 0 aliphatic heterocycles. The van der Waals surface area contributed by atoms with Gasteiger partial charge in [0.15, 0.2) is 11.6 Å². The van der Waals surface area contributed by atoms with Gasteiger partial charge >= 0.3 is 5.97 Å². The molecule has 1 aromatic carbocycles. The molecule has 0 bridgehead atoms. The van der Waals surface area contributed by atoms with Crippen LogP contribution in [0.4, 0.5) is 8.78 Å². The SMILES string of the molecule is COC(=O)CC(c1ccc(F)c(F)c1)c1c(C)[nH][nH]c1=O. The zero-order chi connectivity index (χ0) is 15.6. The fraction of sp³-hybridized carbons (Fsp3) is 0.286. The van der Waals surface area contributed by atoms with Crippen LogP contribution in [0.3, 0.4) is 0 Å². The molecule has 5 nitrogen and oxygen atoms in total. The maximum absolute atomic E-state index is 13.4. The van der Waals surface area contributed by atoms with Gasteiger partial charge in [0.1, 0.15) is 0 Å². The Kier molecular flexibility index (Phi) is 4.21. The summed E-state index contributed by atoms with van der Waals surface area (Å²) in [5, 5.41) is 5.05. The first-order chi connectivity index (χ1) is 9.93. The van der Waals surface area contributed by atoms with Crippen LogP contribution in [0.5, 0.6) is 0 Å². The van der Waals surface area contributed by atoms with Crippen LogP contribution in [0, 0.1) is 18.6 Å². The second kappa shape index (κ2) is 5.90. The Morgan fingerprint density at radius 1 is 1.29 bits per heavy atom. The average molecular weight is 296 g/mol. The van der Waals surface area contributed by atoms with Crippen molar-refractivity contribution < 1.29 is 18.3 Å². The van der Waals surface area contributed by atoms with Crippen LogP contribution in [0.1, 0.15) is 29.2 Å². The number of benzene rings is 1. The minimum Gasteiger partial charge on any atom is -0.469 e.